The molecule has 0 radical (unpaired) electrons. The quantitative estimate of drug-likeness (QED) is 0.849. The summed E-state index contributed by atoms with van der Waals surface area (Å²) in [5.74, 6) is 0.684. The lowest BCUT2D eigenvalue weighted by molar-refractivity contribution is -0.125. The van der Waals surface area contributed by atoms with E-state index in [2.05, 4.69) is 9.97 Å². The van der Waals surface area contributed by atoms with Crippen molar-refractivity contribution in [1.82, 2.24) is 14.5 Å². The van der Waals surface area contributed by atoms with Gasteiger partial charge in [-0.2, -0.15) is 0 Å². The number of hydrogen-bond donors (Lipinski definition) is 0. The zero-order valence-corrected chi connectivity index (χ0v) is 14.5. The number of hydrogen-bond acceptors (Lipinski definition) is 4. The fourth-order valence-corrected chi connectivity index (χ4v) is 4.03. The van der Waals surface area contributed by atoms with Crippen molar-refractivity contribution in [3.8, 4) is 17.1 Å². The molecule has 2 aromatic heterocycles. The van der Waals surface area contributed by atoms with Gasteiger partial charge in [0.15, 0.2) is 0 Å². The van der Waals surface area contributed by atoms with Crippen LogP contribution in [0.1, 0.15) is 50.8 Å². The summed E-state index contributed by atoms with van der Waals surface area (Å²) in [6, 6.07) is 3.63. The summed E-state index contributed by atoms with van der Waals surface area (Å²) in [6.07, 6.45) is 6.11. The number of carbonyl (C=O) groups excluding carboxylic acids is 1. The molecule has 0 N–H and O–H groups in total. The van der Waals surface area contributed by atoms with E-state index in [0.717, 1.165) is 17.0 Å². The highest BCUT2D eigenvalue weighted by Crippen LogP contribution is 2.42. The van der Waals surface area contributed by atoms with E-state index >= 15 is 0 Å². The van der Waals surface area contributed by atoms with Gasteiger partial charge in [-0.3, -0.25) is 4.79 Å². The highest BCUT2D eigenvalue weighted by atomic mass is 19.1. The molecule has 2 aromatic rings. The second-order valence-corrected chi connectivity index (χ2v) is 7.35. The molecule has 1 aliphatic carbocycles. The summed E-state index contributed by atoms with van der Waals surface area (Å²) >= 11 is 0. The number of methoxy groups -OCH3 is 1. The van der Waals surface area contributed by atoms with Crippen molar-refractivity contribution in [3.05, 3.63) is 30.4 Å². The van der Waals surface area contributed by atoms with Gasteiger partial charge in [0.25, 0.3) is 0 Å². The number of pyridine rings is 1. The molecule has 1 unspecified atom stereocenters. The lowest BCUT2D eigenvalue weighted by Gasteiger charge is -2.30. The Morgan fingerprint density at radius 1 is 1.40 bits per heavy atom. The van der Waals surface area contributed by atoms with Gasteiger partial charge in [0.1, 0.15) is 11.5 Å². The molecule has 0 bridgehead atoms. The Bertz CT molecular complexity index is 805. The normalized spacial score (nSPS) is 27.6. The van der Waals surface area contributed by atoms with Gasteiger partial charge >= 0.3 is 0 Å². The minimum absolute atomic E-state index is 0.0505. The molecule has 1 atom stereocenters. The number of ketones is 1. The van der Waals surface area contributed by atoms with Crippen LogP contribution >= 0.6 is 0 Å². The third-order valence-electron chi connectivity index (χ3n) is 5.58. The number of fused-ring (bicyclic) bond motifs is 3. The lowest BCUT2D eigenvalue weighted by atomic mass is 9.78. The second kappa shape index (κ2) is 5.93. The van der Waals surface area contributed by atoms with E-state index in [1.54, 1.807) is 26.6 Å². The molecule has 1 fully saturated rings. The number of imidazole rings is 1. The molecule has 3 heterocycles. The number of aromatic nitrogens is 3. The van der Waals surface area contributed by atoms with E-state index in [1.807, 2.05) is 16.7 Å². The molecule has 25 heavy (non-hydrogen) atoms. The van der Waals surface area contributed by atoms with Crippen LogP contribution in [-0.2, 0) is 4.79 Å². The van der Waals surface area contributed by atoms with Crippen LogP contribution in [0.4, 0.5) is 4.39 Å². The lowest BCUT2D eigenvalue weighted by Crippen LogP contribution is -2.30. The molecular weight excluding hydrogens is 321 g/mol. The standard InChI is InChI=1S/C19H22FN3O2/c1-19(20)7-5-12(6-8-19)16(24)9-14-18-13(3-4-17(22-18)25-2)15-10-21-11-23(14)15/h3-4,10-12,14H,5-9H2,1-2H3. The Balaban J connectivity index is 1.58. The first-order chi connectivity index (χ1) is 12.0. The average Bonchev–Trinajstić information content (AvgIpc) is 3.17. The predicted molar refractivity (Wildman–Crippen MR) is 91.2 cm³/mol. The fraction of sp³-hybridized carbons (Fsp3) is 0.526. The van der Waals surface area contributed by atoms with E-state index in [-0.39, 0.29) is 17.7 Å². The van der Waals surface area contributed by atoms with Gasteiger partial charge in [-0.25, -0.2) is 14.4 Å². The average molecular weight is 343 g/mol. The third-order valence-corrected chi connectivity index (χ3v) is 5.58. The molecule has 0 saturated heterocycles. The van der Waals surface area contributed by atoms with Gasteiger partial charge in [-0.1, -0.05) is 0 Å². The molecule has 2 aliphatic rings. The number of rotatable bonds is 4. The topological polar surface area (TPSA) is 57.0 Å². The van der Waals surface area contributed by atoms with Crippen LogP contribution in [0, 0.1) is 5.92 Å². The maximum atomic E-state index is 14.0. The molecule has 1 aliphatic heterocycles. The molecular formula is C19H22FN3O2. The summed E-state index contributed by atoms with van der Waals surface area (Å²) in [7, 11) is 1.58. The fourth-order valence-electron chi connectivity index (χ4n) is 4.03. The van der Waals surface area contributed by atoms with Crippen LogP contribution in [-0.4, -0.2) is 33.1 Å². The van der Waals surface area contributed by atoms with Gasteiger partial charge < -0.3 is 9.30 Å². The van der Waals surface area contributed by atoms with Crippen LogP contribution in [0.3, 0.4) is 0 Å². The summed E-state index contributed by atoms with van der Waals surface area (Å²) < 4.78 is 21.3. The SMILES string of the molecule is COc1ccc2c(n1)C(CC(=O)C1CCC(C)(F)CC1)n1cncc1-2. The largest absolute Gasteiger partial charge is 0.481 e. The number of ether oxygens (including phenoxy) is 1. The number of Topliss-reactive ketones (excluding diaryl/α,β-unsaturated/α-hetero) is 1. The molecule has 4 rings (SSSR count). The molecule has 132 valence electrons. The number of halogens is 1. The van der Waals surface area contributed by atoms with Crippen molar-refractivity contribution in [1.29, 1.82) is 0 Å². The van der Waals surface area contributed by atoms with Crippen molar-refractivity contribution in [2.24, 2.45) is 5.92 Å². The van der Waals surface area contributed by atoms with Crippen molar-refractivity contribution < 1.29 is 13.9 Å². The van der Waals surface area contributed by atoms with Crippen molar-refractivity contribution in [3.63, 3.8) is 0 Å². The summed E-state index contributed by atoms with van der Waals surface area (Å²) in [6.45, 7) is 1.63. The minimum Gasteiger partial charge on any atom is -0.481 e. The van der Waals surface area contributed by atoms with E-state index in [0.29, 0.717) is 38.0 Å². The number of alkyl halides is 1. The maximum absolute atomic E-state index is 14.0. The molecule has 1 saturated carbocycles. The van der Waals surface area contributed by atoms with E-state index in [9.17, 15) is 9.18 Å². The number of nitrogens with zero attached hydrogens (tertiary/aromatic N) is 3. The predicted octanol–water partition coefficient (Wildman–Crippen LogP) is 3.73. The molecule has 0 aromatic carbocycles. The maximum Gasteiger partial charge on any atom is 0.213 e. The van der Waals surface area contributed by atoms with Crippen LogP contribution in [0.5, 0.6) is 5.88 Å². The molecule has 0 spiro atoms. The second-order valence-electron chi connectivity index (χ2n) is 7.35. The van der Waals surface area contributed by atoms with E-state index < -0.39 is 5.67 Å². The first kappa shape index (κ1) is 16.2. The zero-order chi connectivity index (χ0) is 17.6. The summed E-state index contributed by atoms with van der Waals surface area (Å²) in [5, 5.41) is 0. The van der Waals surface area contributed by atoms with Crippen molar-refractivity contribution in [2.75, 3.05) is 7.11 Å². The molecule has 5 nitrogen and oxygen atoms in total. The van der Waals surface area contributed by atoms with Crippen LogP contribution in [0.15, 0.2) is 24.7 Å². The smallest absolute Gasteiger partial charge is 0.213 e. The van der Waals surface area contributed by atoms with Crippen molar-refractivity contribution in [2.45, 2.75) is 50.7 Å². The summed E-state index contributed by atoms with van der Waals surface area (Å²) in [5.41, 5.74) is 1.71. The third kappa shape index (κ3) is 2.83. The Morgan fingerprint density at radius 2 is 2.16 bits per heavy atom. The van der Waals surface area contributed by atoms with Gasteiger partial charge in [0, 0.05) is 24.0 Å². The molecule has 6 heteroatoms. The van der Waals surface area contributed by atoms with Crippen LogP contribution in [0.2, 0.25) is 0 Å². The Hall–Kier alpha value is -2.24. The number of carbonyl (C=O) groups is 1. The van der Waals surface area contributed by atoms with Gasteiger partial charge in [-0.15, -0.1) is 0 Å². The monoisotopic (exact) mass is 343 g/mol. The Kier molecular flexibility index (Phi) is 3.85. The van der Waals surface area contributed by atoms with Gasteiger partial charge in [-0.05, 0) is 38.7 Å². The Morgan fingerprint density at radius 3 is 2.88 bits per heavy atom. The highest BCUT2D eigenvalue weighted by molar-refractivity contribution is 5.83. The summed E-state index contributed by atoms with van der Waals surface area (Å²) in [4.78, 5) is 21.6. The van der Waals surface area contributed by atoms with Gasteiger partial charge in [0.2, 0.25) is 5.88 Å². The Labute approximate surface area is 146 Å². The van der Waals surface area contributed by atoms with E-state index in [4.69, 9.17) is 4.74 Å². The molecule has 0 amide bonds. The van der Waals surface area contributed by atoms with Gasteiger partial charge in [0.05, 0.1) is 37.1 Å². The first-order valence-corrected chi connectivity index (χ1v) is 8.77. The minimum atomic E-state index is -1.12. The van der Waals surface area contributed by atoms with E-state index in [1.165, 1.54) is 0 Å². The van der Waals surface area contributed by atoms with Crippen LogP contribution in [0.25, 0.3) is 11.3 Å². The zero-order valence-electron chi connectivity index (χ0n) is 14.5. The van der Waals surface area contributed by atoms with Crippen LogP contribution < -0.4 is 4.74 Å². The first-order valence-electron chi connectivity index (χ1n) is 8.77. The highest BCUT2D eigenvalue weighted by Gasteiger charge is 2.37. The van der Waals surface area contributed by atoms with Crippen molar-refractivity contribution >= 4 is 5.78 Å².